The lowest BCUT2D eigenvalue weighted by Gasteiger charge is -2.39. The Morgan fingerprint density at radius 3 is 2.86 bits per heavy atom. The first kappa shape index (κ1) is 26.8. The van der Waals surface area contributed by atoms with Crippen LogP contribution in [0, 0.1) is 12.5 Å². The third kappa shape index (κ3) is 4.78. The third-order valence-electron chi connectivity index (χ3n) is 9.59. The van der Waals surface area contributed by atoms with Crippen LogP contribution in [0.3, 0.4) is 0 Å². The summed E-state index contributed by atoms with van der Waals surface area (Å²) in [5.41, 5.74) is 6.18. The minimum atomic E-state index is -1.00. The topological polar surface area (TPSA) is 66.2 Å². The zero-order valence-electron chi connectivity index (χ0n) is 23.9. The summed E-state index contributed by atoms with van der Waals surface area (Å²) < 4.78 is 20.0. The fourth-order valence-corrected chi connectivity index (χ4v) is 7.25. The van der Waals surface area contributed by atoms with E-state index in [-0.39, 0.29) is 13.1 Å². The predicted molar refractivity (Wildman–Crippen MR) is 160 cm³/mol. The summed E-state index contributed by atoms with van der Waals surface area (Å²) in [6.45, 7) is 13.3. The van der Waals surface area contributed by atoms with Gasteiger partial charge >= 0.3 is 6.01 Å². The number of hydrogen-bond acceptors (Lipinski definition) is 6. The number of piperazine rings is 1. The molecule has 8 nitrogen and oxygen atoms in total. The van der Waals surface area contributed by atoms with Crippen molar-refractivity contribution in [2.45, 2.75) is 43.7 Å². The number of rotatable bonds is 7. The summed E-state index contributed by atoms with van der Waals surface area (Å²) in [4.78, 5) is 31.6. The molecular weight excluding hydrogens is 531 g/mol. The number of ether oxygens (including phenoxy) is 1. The molecule has 0 bridgehead atoms. The molecule has 0 N–H and O–H groups in total. The Balaban J connectivity index is 1.26. The molecule has 9 heteroatoms. The fourth-order valence-electron chi connectivity index (χ4n) is 7.25. The normalized spacial score (nSPS) is 24.8. The number of amides is 1. The standard InChI is InChI=1S/C33H35FN6O2/c1-20(34)32(41)40-13-12-39(18-25(40)17-35-2)31-27-10-9-21(26-8-4-6-22-14-23-15-28(23)30(22)26)16-29(27)36-33(37-31)42-19-24-7-5-11-38(24)3/h4,6,8-10,16,23-25,28H,1,5,7,11-15,17-19H2,3H3/t23-,24-,25-,28+/m0/s1. The van der Waals surface area contributed by atoms with Crippen molar-refractivity contribution in [2.24, 2.45) is 5.92 Å². The van der Waals surface area contributed by atoms with Gasteiger partial charge in [0.1, 0.15) is 18.5 Å². The Labute approximate surface area is 245 Å². The lowest BCUT2D eigenvalue weighted by Crippen LogP contribution is -2.56. The number of likely N-dealkylation sites (tertiary alicyclic amines) is 1. The second-order valence-electron chi connectivity index (χ2n) is 12.2. The first-order valence-electron chi connectivity index (χ1n) is 14.9. The van der Waals surface area contributed by atoms with Crippen molar-refractivity contribution in [3.8, 4) is 17.1 Å². The van der Waals surface area contributed by atoms with Crippen LogP contribution >= 0.6 is 0 Å². The Morgan fingerprint density at radius 1 is 1.19 bits per heavy atom. The monoisotopic (exact) mass is 566 g/mol. The average molecular weight is 567 g/mol. The van der Waals surface area contributed by atoms with Gasteiger partial charge in [0.2, 0.25) is 6.54 Å². The highest BCUT2D eigenvalue weighted by atomic mass is 19.1. The molecule has 0 radical (unpaired) electrons. The van der Waals surface area contributed by atoms with E-state index in [1.54, 1.807) is 0 Å². The van der Waals surface area contributed by atoms with Gasteiger partial charge in [-0.25, -0.2) is 11.0 Å². The van der Waals surface area contributed by atoms with Crippen molar-refractivity contribution < 1.29 is 13.9 Å². The number of carbonyl (C=O) groups excluding carboxylic acids is 1. The summed E-state index contributed by atoms with van der Waals surface area (Å²) in [5.74, 6) is 0.430. The molecule has 2 aliphatic heterocycles. The summed E-state index contributed by atoms with van der Waals surface area (Å²) in [5, 5.41) is 0.886. The van der Waals surface area contributed by atoms with Crippen LogP contribution in [-0.4, -0.2) is 84.1 Å². The molecule has 3 fully saturated rings. The maximum Gasteiger partial charge on any atom is 0.319 e. The molecule has 7 rings (SSSR count). The van der Waals surface area contributed by atoms with Crippen LogP contribution in [0.2, 0.25) is 0 Å². The highest BCUT2D eigenvalue weighted by molar-refractivity contribution is 5.94. The molecule has 216 valence electrons. The molecule has 4 atom stereocenters. The van der Waals surface area contributed by atoms with Crippen molar-refractivity contribution in [1.82, 2.24) is 19.8 Å². The zero-order valence-corrected chi connectivity index (χ0v) is 23.9. The number of fused-ring (bicyclic) bond motifs is 4. The molecule has 3 heterocycles. The van der Waals surface area contributed by atoms with Gasteiger partial charge in [-0.1, -0.05) is 30.8 Å². The first-order chi connectivity index (χ1) is 20.4. The van der Waals surface area contributed by atoms with E-state index < -0.39 is 17.8 Å². The van der Waals surface area contributed by atoms with Crippen LogP contribution in [0.4, 0.5) is 10.2 Å². The van der Waals surface area contributed by atoms with Gasteiger partial charge in [-0.3, -0.25) is 4.79 Å². The number of nitrogens with zero attached hydrogens (tertiary/aromatic N) is 6. The van der Waals surface area contributed by atoms with E-state index in [1.165, 1.54) is 34.4 Å². The summed E-state index contributed by atoms with van der Waals surface area (Å²) in [6.07, 6.45) is 4.69. The maximum atomic E-state index is 13.8. The lowest BCUT2D eigenvalue weighted by molar-refractivity contribution is -0.131. The quantitative estimate of drug-likeness (QED) is 0.301. The van der Waals surface area contributed by atoms with E-state index in [0.29, 0.717) is 43.5 Å². The second-order valence-corrected chi connectivity index (χ2v) is 12.2. The van der Waals surface area contributed by atoms with Gasteiger partial charge < -0.3 is 24.3 Å². The smallest absolute Gasteiger partial charge is 0.319 e. The summed E-state index contributed by atoms with van der Waals surface area (Å²) in [6, 6.07) is 13.2. The van der Waals surface area contributed by atoms with E-state index in [1.807, 2.05) is 0 Å². The van der Waals surface area contributed by atoms with E-state index >= 15 is 0 Å². The Hall–Kier alpha value is -4.03. The Bertz CT molecular complexity index is 1620. The number of hydrogen-bond donors (Lipinski definition) is 0. The fraction of sp³-hybridized carbons (Fsp3) is 0.455. The lowest BCUT2D eigenvalue weighted by atomic mass is 9.94. The number of likely N-dealkylation sites (N-methyl/N-ethyl adjacent to an activating group) is 1. The summed E-state index contributed by atoms with van der Waals surface area (Å²) >= 11 is 0. The maximum absolute atomic E-state index is 13.8. The highest BCUT2D eigenvalue weighted by Crippen LogP contribution is 2.58. The molecule has 2 saturated heterocycles. The van der Waals surface area contributed by atoms with Gasteiger partial charge in [-0.05, 0) is 85.5 Å². The molecule has 4 aliphatic rings. The first-order valence-corrected chi connectivity index (χ1v) is 14.9. The van der Waals surface area contributed by atoms with Crippen LogP contribution in [-0.2, 0) is 11.2 Å². The predicted octanol–water partition coefficient (Wildman–Crippen LogP) is 4.85. The van der Waals surface area contributed by atoms with Gasteiger partial charge in [-0.2, -0.15) is 9.97 Å². The molecular formula is C33H35FN6O2. The molecule has 1 amide bonds. The van der Waals surface area contributed by atoms with Gasteiger partial charge in [0.25, 0.3) is 5.91 Å². The highest BCUT2D eigenvalue weighted by Gasteiger charge is 2.46. The Kier molecular flexibility index (Phi) is 6.82. The summed E-state index contributed by atoms with van der Waals surface area (Å²) in [7, 11) is 2.12. The SMILES string of the molecule is [C-]#[N+]C[C@H]1CN(c2nc(OC[C@@H]3CCCN3C)nc3cc(-c4cccc5c4[C@@H]4C[C@@H]4C5)ccc23)CCN1C(=O)C(=C)F. The van der Waals surface area contributed by atoms with Crippen molar-refractivity contribution in [2.75, 3.05) is 51.3 Å². The van der Waals surface area contributed by atoms with Gasteiger partial charge in [0.15, 0.2) is 5.83 Å². The van der Waals surface area contributed by atoms with E-state index in [9.17, 15) is 9.18 Å². The van der Waals surface area contributed by atoms with Gasteiger partial charge in [0, 0.05) is 31.1 Å². The molecule has 2 aromatic carbocycles. The zero-order chi connectivity index (χ0) is 29.0. The number of carbonyl (C=O) groups is 1. The van der Waals surface area contributed by atoms with Crippen molar-refractivity contribution in [3.05, 3.63) is 71.3 Å². The molecule has 0 spiro atoms. The minimum absolute atomic E-state index is 0.0708. The van der Waals surface area contributed by atoms with E-state index in [0.717, 1.165) is 41.8 Å². The van der Waals surface area contributed by atoms with Crippen molar-refractivity contribution in [1.29, 1.82) is 0 Å². The Morgan fingerprint density at radius 2 is 2.07 bits per heavy atom. The average Bonchev–Trinajstić information content (AvgIpc) is 3.47. The molecule has 3 aromatic rings. The molecule has 2 aliphatic carbocycles. The number of halogens is 1. The van der Waals surface area contributed by atoms with Crippen LogP contribution in [0.25, 0.3) is 26.9 Å². The second kappa shape index (κ2) is 10.7. The minimum Gasteiger partial charge on any atom is -0.462 e. The molecule has 1 saturated carbocycles. The number of aromatic nitrogens is 2. The number of anilines is 1. The largest absolute Gasteiger partial charge is 0.462 e. The van der Waals surface area contributed by atoms with Crippen LogP contribution in [0.1, 0.15) is 36.3 Å². The van der Waals surface area contributed by atoms with Gasteiger partial charge in [-0.15, -0.1) is 0 Å². The molecule has 1 aromatic heterocycles. The van der Waals surface area contributed by atoms with Crippen LogP contribution in [0.5, 0.6) is 6.01 Å². The van der Waals surface area contributed by atoms with E-state index in [4.69, 9.17) is 21.3 Å². The number of benzene rings is 2. The van der Waals surface area contributed by atoms with Crippen LogP contribution in [0.15, 0.2) is 48.8 Å². The van der Waals surface area contributed by atoms with Crippen molar-refractivity contribution in [3.63, 3.8) is 0 Å². The van der Waals surface area contributed by atoms with Crippen molar-refractivity contribution >= 4 is 22.6 Å². The van der Waals surface area contributed by atoms with Gasteiger partial charge in [0.05, 0.1) is 5.52 Å². The third-order valence-corrected chi connectivity index (χ3v) is 9.59. The van der Waals surface area contributed by atoms with Crippen LogP contribution < -0.4 is 9.64 Å². The molecule has 0 unspecified atom stereocenters. The van der Waals surface area contributed by atoms with E-state index in [2.05, 4.69) is 64.7 Å². The molecule has 42 heavy (non-hydrogen) atoms.